The summed E-state index contributed by atoms with van der Waals surface area (Å²) in [6.45, 7) is 6.50. The van der Waals surface area contributed by atoms with Gasteiger partial charge in [-0.3, -0.25) is 8.98 Å². The first kappa shape index (κ1) is 18.6. The predicted octanol–water partition coefficient (Wildman–Crippen LogP) is 3.32. The summed E-state index contributed by atoms with van der Waals surface area (Å²) in [6, 6.07) is 0. The molecule has 5 aliphatic rings. The van der Waals surface area contributed by atoms with E-state index in [-0.39, 0.29) is 34.6 Å². The van der Waals surface area contributed by atoms with Crippen molar-refractivity contribution < 1.29 is 22.1 Å². The molecule has 1 spiro atoms. The number of hydrogen-bond acceptors (Lipinski definition) is 5. The smallest absolute Gasteiger partial charge is 0.264 e. The fraction of sp³-hybridized carbons (Fsp3) is 0.952. The maximum atomic E-state index is 12.3. The van der Waals surface area contributed by atoms with Crippen LogP contribution in [0.5, 0.6) is 0 Å². The van der Waals surface area contributed by atoms with Crippen molar-refractivity contribution in [3.8, 4) is 0 Å². The van der Waals surface area contributed by atoms with Gasteiger partial charge < -0.3 is 4.74 Å². The van der Waals surface area contributed by atoms with Crippen molar-refractivity contribution in [2.45, 2.75) is 83.5 Å². The minimum atomic E-state index is -3.44. The van der Waals surface area contributed by atoms with Crippen LogP contribution in [-0.4, -0.2) is 38.3 Å². The molecule has 0 radical (unpaired) electrons. The summed E-state index contributed by atoms with van der Waals surface area (Å²) in [5.41, 5.74) is 0.0392. The van der Waals surface area contributed by atoms with E-state index >= 15 is 0 Å². The summed E-state index contributed by atoms with van der Waals surface area (Å²) < 4.78 is 35.1. The molecule has 5 nitrogen and oxygen atoms in total. The fourth-order valence-electron chi connectivity index (χ4n) is 8.41. The third kappa shape index (κ3) is 2.29. The summed E-state index contributed by atoms with van der Waals surface area (Å²) in [7, 11) is -3.44. The van der Waals surface area contributed by atoms with Crippen molar-refractivity contribution in [2.75, 3.05) is 6.26 Å². The van der Waals surface area contributed by atoms with Gasteiger partial charge in [-0.05, 0) is 68.6 Å². The van der Waals surface area contributed by atoms with Gasteiger partial charge in [0.05, 0.1) is 18.5 Å². The number of hydrogen-bond donors (Lipinski definition) is 0. The Hall–Kier alpha value is -0.460. The highest BCUT2D eigenvalue weighted by molar-refractivity contribution is 7.86. The van der Waals surface area contributed by atoms with E-state index in [0.717, 1.165) is 38.4 Å². The first-order chi connectivity index (χ1) is 12.5. The molecular formula is C21H32O5S. The van der Waals surface area contributed by atoms with Crippen molar-refractivity contribution in [3.05, 3.63) is 0 Å². The highest BCUT2D eigenvalue weighted by Gasteiger charge is 2.82. The van der Waals surface area contributed by atoms with E-state index in [1.165, 1.54) is 6.42 Å². The molecule has 0 aromatic carbocycles. The molecule has 27 heavy (non-hydrogen) atoms. The van der Waals surface area contributed by atoms with Gasteiger partial charge in [0, 0.05) is 17.8 Å². The molecule has 5 fully saturated rings. The topological polar surface area (TPSA) is 73.0 Å². The molecule has 5 rings (SSSR count). The quantitative estimate of drug-likeness (QED) is 0.540. The molecule has 0 aromatic heterocycles. The summed E-state index contributed by atoms with van der Waals surface area (Å²) in [4.78, 5) is 12.3. The monoisotopic (exact) mass is 396 g/mol. The van der Waals surface area contributed by atoms with Gasteiger partial charge in [0.1, 0.15) is 11.4 Å². The van der Waals surface area contributed by atoms with E-state index in [9.17, 15) is 13.2 Å². The predicted molar refractivity (Wildman–Crippen MR) is 100 cm³/mol. The Balaban J connectivity index is 1.45. The van der Waals surface area contributed by atoms with Crippen LogP contribution >= 0.6 is 0 Å². The van der Waals surface area contributed by atoms with Crippen molar-refractivity contribution in [2.24, 2.45) is 34.5 Å². The SMILES string of the molecule is CC(=O)[C@H]1CC[C@H]2[C@@H]3[C@@H]4O[C@@]45C[C@@H](OS(C)(=O)=O)CC[C@]5(C)[C@H]3CC[C@]12C. The Labute approximate surface area is 162 Å². The Morgan fingerprint density at radius 2 is 1.81 bits per heavy atom. The Morgan fingerprint density at radius 3 is 2.48 bits per heavy atom. The number of carbonyl (C=O) groups excluding carboxylic acids is 1. The average Bonchev–Trinajstić information content (AvgIpc) is 3.06. The van der Waals surface area contributed by atoms with E-state index in [4.69, 9.17) is 8.92 Å². The van der Waals surface area contributed by atoms with E-state index in [2.05, 4.69) is 13.8 Å². The molecule has 4 saturated carbocycles. The molecule has 1 heterocycles. The molecule has 1 saturated heterocycles. The van der Waals surface area contributed by atoms with E-state index in [0.29, 0.717) is 30.0 Å². The molecule has 0 amide bonds. The highest BCUT2D eigenvalue weighted by atomic mass is 32.2. The molecule has 1 aliphatic heterocycles. The summed E-state index contributed by atoms with van der Waals surface area (Å²) >= 11 is 0. The largest absolute Gasteiger partial charge is 0.365 e. The molecule has 0 unspecified atom stereocenters. The number of carbonyl (C=O) groups is 1. The third-order valence-electron chi connectivity index (χ3n) is 9.53. The highest BCUT2D eigenvalue weighted by Crippen LogP contribution is 2.78. The lowest BCUT2D eigenvalue weighted by molar-refractivity contribution is -0.129. The Morgan fingerprint density at radius 1 is 1.07 bits per heavy atom. The first-order valence-electron chi connectivity index (χ1n) is 10.6. The molecule has 0 aromatic rings. The molecular weight excluding hydrogens is 364 g/mol. The van der Waals surface area contributed by atoms with Crippen LogP contribution in [0.2, 0.25) is 0 Å². The molecule has 4 aliphatic carbocycles. The molecule has 6 heteroatoms. The second-order valence-corrected chi connectivity index (χ2v) is 12.2. The number of fused-ring (bicyclic) bond motifs is 5. The zero-order valence-corrected chi connectivity index (χ0v) is 17.7. The zero-order chi connectivity index (χ0) is 19.4. The van der Waals surface area contributed by atoms with Crippen LogP contribution < -0.4 is 0 Å². The van der Waals surface area contributed by atoms with Crippen molar-refractivity contribution in [1.29, 1.82) is 0 Å². The lowest BCUT2D eigenvalue weighted by Crippen LogP contribution is -2.50. The standard InChI is InChI=1S/C21H32O5S/c1-12(22)14-5-6-15-17-16(8-9-19(14,15)2)20(3)10-7-13(26-27(4,23)24)11-21(20)18(17)25-21/h13-18H,5-11H2,1-4H3/t13-,14+,15-,16-,17-,18-,19+,20+,21-/m0/s1. The van der Waals surface area contributed by atoms with Gasteiger partial charge in [-0.15, -0.1) is 0 Å². The van der Waals surface area contributed by atoms with Gasteiger partial charge in [0.25, 0.3) is 10.1 Å². The number of epoxide rings is 1. The van der Waals surface area contributed by atoms with Crippen molar-refractivity contribution >= 4 is 15.9 Å². The van der Waals surface area contributed by atoms with Gasteiger partial charge in [0.15, 0.2) is 0 Å². The summed E-state index contributed by atoms with van der Waals surface area (Å²) in [5.74, 6) is 2.28. The summed E-state index contributed by atoms with van der Waals surface area (Å²) in [6.07, 6.45) is 8.08. The van der Waals surface area contributed by atoms with Crippen LogP contribution in [0.1, 0.15) is 65.7 Å². The van der Waals surface area contributed by atoms with Crippen LogP contribution in [0.4, 0.5) is 0 Å². The molecule has 0 N–H and O–H groups in total. The number of ketones is 1. The zero-order valence-electron chi connectivity index (χ0n) is 16.9. The third-order valence-corrected chi connectivity index (χ3v) is 10.1. The van der Waals surface area contributed by atoms with Gasteiger partial charge in [-0.2, -0.15) is 8.42 Å². The minimum absolute atomic E-state index is 0.118. The molecule has 0 bridgehead atoms. The van der Waals surface area contributed by atoms with Gasteiger partial charge in [-0.25, -0.2) is 0 Å². The second-order valence-electron chi connectivity index (χ2n) is 10.6. The van der Waals surface area contributed by atoms with Crippen LogP contribution in [0.15, 0.2) is 0 Å². The first-order valence-corrected chi connectivity index (χ1v) is 12.4. The maximum Gasteiger partial charge on any atom is 0.264 e. The summed E-state index contributed by atoms with van der Waals surface area (Å²) in [5, 5.41) is 0. The van der Waals surface area contributed by atoms with Crippen molar-refractivity contribution in [1.82, 2.24) is 0 Å². The normalized spacial score (nSPS) is 56.0. The van der Waals surface area contributed by atoms with Gasteiger partial charge >= 0.3 is 0 Å². The molecule has 152 valence electrons. The van der Waals surface area contributed by atoms with Gasteiger partial charge in [-0.1, -0.05) is 13.8 Å². The fourth-order valence-corrected chi connectivity index (χ4v) is 9.07. The average molecular weight is 397 g/mol. The van der Waals surface area contributed by atoms with Gasteiger partial charge in [0.2, 0.25) is 0 Å². The van der Waals surface area contributed by atoms with E-state index in [1.54, 1.807) is 6.92 Å². The lowest BCUT2D eigenvalue weighted by Gasteiger charge is -2.52. The number of ether oxygens (including phenoxy) is 1. The maximum absolute atomic E-state index is 12.3. The number of rotatable bonds is 3. The van der Waals surface area contributed by atoms with Crippen LogP contribution in [0.3, 0.4) is 0 Å². The number of Topliss-reactive ketones (excluding diaryl/α,β-unsaturated/α-hetero) is 1. The second kappa shape index (κ2) is 5.37. The minimum Gasteiger partial charge on any atom is -0.365 e. The van der Waals surface area contributed by atoms with Crippen LogP contribution in [0, 0.1) is 34.5 Å². The molecule has 9 atom stereocenters. The van der Waals surface area contributed by atoms with Crippen molar-refractivity contribution in [3.63, 3.8) is 0 Å². The van der Waals surface area contributed by atoms with Crippen LogP contribution in [-0.2, 0) is 23.8 Å². The lowest BCUT2D eigenvalue weighted by atomic mass is 9.53. The van der Waals surface area contributed by atoms with E-state index < -0.39 is 10.1 Å². The van der Waals surface area contributed by atoms with Crippen LogP contribution in [0.25, 0.3) is 0 Å². The Bertz CT molecular complexity index is 792. The Kier molecular flexibility index (Phi) is 3.69. The van der Waals surface area contributed by atoms with E-state index in [1.807, 2.05) is 0 Å².